The van der Waals surface area contributed by atoms with Crippen LogP contribution in [0.25, 0.3) is 6.08 Å². The van der Waals surface area contributed by atoms with Crippen LogP contribution >= 0.6 is 0 Å². The molecular weight excluding hydrogens is 372 g/mol. The molecule has 1 aliphatic rings. The molecular formula is C22H19N2O5-. The van der Waals surface area contributed by atoms with Crippen LogP contribution in [0.2, 0.25) is 0 Å². The van der Waals surface area contributed by atoms with Crippen molar-refractivity contribution in [2.75, 3.05) is 18.7 Å². The summed E-state index contributed by atoms with van der Waals surface area (Å²) >= 11 is 0. The first kappa shape index (κ1) is 19.9. The van der Waals surface area contributed by atoms with Gasteiger partial charge in [-0.3, -0.25) is 4.79 Å². The van der Waals surface area contributed by atoms with Crippen LogP contribution in [0.1, 0.15) is 22.8 Å². The Labute approximate surface area is 168 Å². The molecule has 0 N–H and O–H groups in total. The Morgan fingerprint density at radius 3 is 2.55 bits per heavy atom. The van der Waals surface area contributed by atoms with E-state index in [2.05, 4.69) is 11.7 Å². The third-order valence-corrected chi connectivity index (χ3v) is 4.27. The largest absolute Gasteiger partial charge is 0.545 e. The topological polar surface area (TPSA) is 91.3 Å². The summed E-state index contributed by atoms with van der Waals surface area (Å²) in [7, 11) is 1.54. The molecule has 7 heteroatoms. The lowest BCUT2D eigenvalue weighted by molar-refractivity contribution is -0.255. The molecule has 2 aromatic carbocycles. The van der Waals surface area contributed by atoms with E-state index in [1.165, 1.54) is 29.3 Å². The molecule has 1 aliphatic heterocycles. The van der Waals surface area contributed by atoms with Crippen molar-refractivity contribution in [1.29, 1.82) is 0 Å². The van der Waals surface area contributed by atoms with E-state index in [4.69, 9.17) is 9.47 Å². The lowest BCUT2D eigenvalue weighted by atomic mass is 10.1. The fourth-order valence-corrected chi connectivity index (χ4v) is 2.81. The van der Waals surface area contributed by atoms with Gasteiger partial charge in [0, 0.05) is 0 Å². The maximum Gasteiger partial charge on any atom is 0.280 e. The van der Waals surface area contributed by atoms with Crippen LogP contribution in [-0.2, 0) is 4.79 Å². The smallest absolute Gasteiger partial charge is 0.280 e. The van der Waals surface area contributed by atoms with Crippen LogP contribution in [0.15, 0.2) is 65.8 Å². The second kappa shape index (κ2) is 8.43. The number of hydrogen-bond acceptors (Lipinski definition) is 6. The number of amides is 1. The van der Waals surface area contributed by atoms with Gasteiger partial charge in [-0.05, 0) is 48.4 Å². The first-order chi connectivity index (χ1) is 13.9. The average molecular weight is 391 g/mol. The van der Waals surface area contributed by atoms with Gasteiger partial charge in [-0.2, -0.15) is 10.1 Å². The van der Waals surface area contributed by atoms with Crippen LogP contribution in [-0.4, -0.2) is 31.3 Å². The Morgan fingerprint density at radius 1 is 1.21 bits per heavy atom. The number of carboxylic acids is 1. The maximum absolute atomic E-state index is 12.8. The molecule has 29 heavy (non-hydrogen) atoms. The van der Waals surface area contributed by atoms with Gasteiger partial charge in [0.05, 0.1) is 30.1 Å². The summed E-state index contributed by atoms with van der Waals surface area (Å²) in [5.41, 5.74) is 2.22. The van der Waals surface area contributed by atoms with Gasteiger partial charge in [-0.25, -0.2) is 0 Å². The predicted octanol–water partition coefficient (Wildman–Crippen LogP) is 2.43. The average Bonchev–Trinajstić information content (AvgIpc) is 3.01. The standard InChI is InChI=1S/C22H20N2O5/c1-4-11-29-19-10-5-15(13-20(19)28-3)12-18-14(2)23-24(21(18)25)17-8-6-16(7-9-17)22(26)27/h4-10,12-13H,1,11H2,2-3H3,(H,26,27)/p-1/b18-12+. The Kier molecular flexibility index (Phi) is 5.78. The SMILES string of the molecule is C=CCOc1ccc(/C=C2/C(=O)N(c3ccc(C(=O)[O-])cc3)N=C2C)cc1OC. The second-order valence-corrected chi connectivity index (χ2v) is 6.20. The van der Waals surface area contributed by atoms with Crippen LogP contribution in [0.5, 0.6) is 11.5 Å². The van der Waals surface area contributed by atoms with Crippen LogP contribution in [0, 0.1) is 0 Å². The van der Waals surface area contributed by atoms with Crippen LogP contribution < -0.4 is 19.6 Å². The number of hydrazone groups is 1. The summed E-state index contributed by atoms with van der Waals surface area (Å²) in [5, 5.41) is 16.4. The quantitative estimate of drug-likeness (QED) is 0.534. The molecule has 0 radical (unpaired) electrons. The molecule has 3 rings (SSSR count). The van der Waals surface area contributed by atoms with Crippen molar-refractivity contribution in [3.05, 3.63) is 71.8 Å². The van der Waals surface area contributed by atoms with E-state index >= 15 is 0 Å². The Balaban J connectivity index is 1.87. The molecule has 0 bridgehead atoms. The highest BCUT2D eigenvalue weighted by molar-refractivity contribution is 6.32. The molecule has 1 amide bonds. The summed E-state index contributed by atoms with van der Waals surface area (Å²) in [6.45, 7) is 5.70. The highest BCUT2D eigenvalue weighted by atomic mass is 16.5. The lowest BCUT2D eigenvalue weighted by Gasteiger charge is -2.13. The molecule has 0 fully saturated rings. The molecule has 0 spiro atoms. The maximum atomic E-state index is 12.8. The van der Waals surface area contributed by atoms with E-state index in [0.717, 1.165) is 5.56 Å². The van der Waals surface area contributed by atoms with Crippen molar-refractivity contribution in [2.24, 2.45) is 5.10 Å². The molecule has 0 saturated heterocycles. The van der Waals surface area contributed by atoms with Gasteiger partial charge in [0.15, 0.2) is 11.5 Å². The van der Waals surface area contributed by atoms with Gasteiger partial charge in [0.1, 0.15) is 6.61 Å². The monoisotopic (exact) mass is 391 g/mol. The van der Waals surface area contributed by atoms with Gasteiger partial charge >= 0.3 is 0 Å². The van der Waals surface area contributed by atoms with E-state index in [1.807, 2.05) is 6.07 Å². The van der Waals surface area contributed by atoms with Crippen molar-refractivity contribution in [1.82, 2.24) is 0 Å². The van der Waals surface area contributed by atoms with E-state index in [0.29, 0.717) is 35.1 Å². The Morgan fingerprint density at radius 2 is 1.93 bits per heavy atom. The van der Waals surface area contributed by atoms with Gasteiger partial charge < -0.3 is 19.4 Å². The van der Waals surface area contributed by atoms with Crippen molar-refractivity contribution in [3.63, 3.8) is 0 Å². The van der Waals surface area contributed by atoms with Gasteiger partial charge in [-0.15, -0.1) is 0 Å². The first-order valence-corrected chi connectivity index (χ1v) is 8.79. The fraction of sp³-hybridized carbons (Fsp3) is 0.136. The zero-order valence-electron chi connectivity index (χ0n) is 16.0. The molecule has 1 heterocycles. The minimum Gasteiger partial charge on any atom is -0.545 e. The number of benzene rings is 2. The molecule has 0 aromatic heterocycles. The second-order valence-electron chi connectivity index (χ2n) is 6.20. The minimum atomic E-state index is -1.28. The van der Waals surface area contributed by atoms with Crippen molar-refractivity contribution < 1.29 is 24.2 Å². The fourth-order valence-electron chi connectivity index (χ4n) is 2.81. The number of anilines is 1. The number of ether oxygens (including phenoxy) is 2. The van der Waals surface area contributed by atoms with E-state index in [-0.39, 0.29) is 11.5 Å². The normalized spacial score (nSPS) is 14.7. The van der Waals surface area contributed by atoms with Crippen LogP contribution in [0.3, 0.4) is 0 Å². The van der Waals surface area contributed by atoms with Crippen molar-refractivity contribution in [3.8, 4) is 11.5 Å². The third kappa shape index (κ3) is 4.19. The summed E-state index contributed by atoms with van der Waals surface area (Å²) in [6, 6.07) is 11.1. The van der Waals surface area contributed by atoms with E-state index in [1.54, 1.807) is 38.3 Å². The zero-order valence-corrected chi connectivity index (χ0v) is 16.0. The minimum absolute atomic E-state index is 0.0303. The molecule has 0 saturated carbocycles. The Bertz CT molecular complexity index is 1020. The Hall–Kier alpha value is -3.87. The number of carbonyl (C=O) groups is 2. The number of rotatable bonds is 7. The summed E-state index contributed by atoms with van der Waals surface area (Å²) in [5.74, 6) is -0.475. The number of carbonyl (C=O) groups excluding carboxylic acids is 2. The molecule has 0 aliphatic carbocycles. The molecule has 0 atom stereocenters. The number of hydrogen-bond donors (Lipinski definition) is 0. The van der Waals surface area contributed by atoms with Crippen LogP contribution in [0.4, 0.5) is 5.69 Å². The third-order valence-electron chi connectivity index (χ3n) is 4.27. The summed E-state index contributed by atoms with van der Waals surface area (Å²) < 4.78 is 10.9. The highest BCUT2D eigenvalue weighted by Crippen LogP contribution is 2.30. The first-order valence-electron chi connectivity index (χ1n) is 8.79. The number of aromatic carboxylic acids is 1. The number of nitrogens with zero attached hydrogens (tertiary/aromatic N) is 2. The summed E-state index contributed by atoms with van der Waals surface area (Å²) in [4.78, 5) is 23.7. The molecule has 2 aromatic rings. The predicted molar refractivity (Wildman–Crippen MR) is 108 cm³/mol. The number of carboxylic acid groups (broad SMARTS) is 1. The molecule has 7 nitrogen and oxygen atoms in total. The number of methoxy groups -OCH3 is 1. The van der Waals surface area contributed by atoms with Crippen molar-refractivity contribution in [2.45, 2.75) is 6.92 Å². The van der Waals surface area contributed by atoms with Crippen molar-refractivity contribution >= 4 is 29.4 Å². The summed E-state index contributed by atoms with van der Waals surface area (Å²) in [6.07, 6.45) is 3.36. The molecule has 148 valence electrons. The van der Waals surface area contributed by atoms with Gasteiger partial charge in [0.25, 0.3) is 5.91 Å². The van der Waals surface area contributed by atoms with E-state index < -0.39 is 5.97 Å². The van der Waals surface area contributed by atoms with Gasteiger partial charge in [-0.1, -0.05) is 30.9 Å². The van der Waals surface area contributed by atoms with E-state index in [9.17, 15) is 14.7 Å². The highest BCUT2D eigenvalue weighted by Gasteiger charge is 2.28. The van der Waals surface area contributed by atoms with Gasteiger partial charge in [0.2, 0.25) is 0 Å². The lowest BCUT2D eigenvalue weighted by Crippen LogP contribution is -2.23. The zero-order chi connectivity index (χ0) is 21.0. The molecule has 0 unspecified atom stereocenters.